The Morgan fingerprint density at radius 2 is 1.60 bits per heavy atom. The molecule has 0 N–H and O–H groups in total. The molecule has 0 aliphatic heterocycles. The Hall–Kier alpha value is -1.91. The number of non-ortho nitro benzene ring substituents is 1. The van der Waals surface area contributed by atoms with Gasteiger partial charge in [-0.15, -0.1) is 0 Å². The second-order valence-electron chi connectivity index (χ2n) is 5.03. The molecule has 0 aliphatic carbocycles. The Labute approximate surface area is 119 Å². The van der Waals surface area contributed by atoms with E-state index in [2.05, 4.69) is 0 Å². The molecule has 0 saturated heterocycles. The van der Waals surface area contributed by atoms with Crippen molar-refractivity contribution in [1.29, 1.82) is 0 Å². The molecule has 0 heterocycles. The van der Waals surface area contributed by atoms with E-state index in [0.717, 1.165) is 12.8 Å². The first kappa shape index (κ1) is 16.1. The number of rotatable bonds is 6. The van der Waals surface area contributed by atoms with E-state index >= 15 is 0 Å². The van der Waals surface area contributed by atoms with Gasteiger partial charge in [-0.3, -0.25) is 14.9 Å². The monoisotopic (exact) mass is 278 g/mol. The molecule has 1 aromatic rings. The summed E-state index contributed by atoms with van der Waals surface area (Å²) in [5.74, 6) is -0.0661. The highest BCUT2D eigenvalue weighted by atomic mass is 16.6. The third-order valence-corrected chi connectivity index (χ3v) is 3.69. The van der Waals surface area contributed by atoms with E-state index in [0.29, 0.717) is 5.56 Å². The molecule has 1 amide bonds. The predicted molar refractivity (Wildman–Crippen MR) is 78.8 cm³/mol. The summed E-state index contributed by atoms with van der Waals surface area (Å²) in [6.07, 6.45) is 1.76. The van der Waals surface area contributed by atoms with E-state index in [9.17, 15) is 14.9 Å². The second kappa shape index (κ2) is 7.03. The Balaban J connectivity index is 3.02. The molecule has 0 saturated carbocycles. The predicted octanol–water partition coefficient (Wildman–Crippen LogP) is 3.63. The van der Waals surface area contributed by atoms with Gasteiger partial charge in [-0.25, -0.2) is 0 Å². The van der Waals surface area contributed by atoms with Crippen LogP contribution >= 0.6 is 0 Å². The van der Waals surface area contributed by atoms with Crippen molar-refractivity contribution in [3.05, 3.63) is 39.9 Å². The minimum absolute atomic E-state index is 0.000167. The van der Waals surface area contributed by atoms with Crippen molar-refractivity contribution >= 4 is 11.6 Å². The zero-order chi connectivity index (χ0) is 15.3. The molecule has 1 aromatic carbocycles. The van der Waals surface area contributed by atoms with E-state index in [1.807, 2.05) is 32.6 Å². The summed E-state index contributed by atoms with van der Waals surface area (Å²) in [7, 11) is 0. The lowest BCUT2D eigenvalue weighted by Gasteiger charge is -2.34. The summed E-state index contributed by atoms with van der Waals surface area (Å²) in [5.41, 5.74) is 0.497. The number of hydrogen-bond donors (Lipinski definition) is 0. The fraction of sp³-hybridized carbons (Fsp3) is 0.533. The average Bonchev–Trinajstić information content (AvgIpc) is 2.46. The summed E-state index contributed by atoms with van der Waals surface area (Å²) >= 11 is 0. The van der Waals surface area contributed by atoms with Crippen molar-refractivity contribution in [3.8, 4) is 0 Å². The zero-order valence-electron chi connectivity index (χ0n) is 12.5. The normalized spacial score (nSPS) is 13.6. The summed E-state index contributed by atoms with van der Waals surface area (Å²) in [4.78, 5) is 24.6. The van der Waals surface area contributed by atoms with Crippen LogP contribution in [-0.4, -0.2) is 27.8 Å². The number of hydrogen-bond acceptors (Lipinski definition) is 3. The maximum absolute atomic E-state index is 12.6. The maximum atomic E-state index is 12.6. The summed E-state index contributed by atoms with van der Waals surface area (Å²) in [6, 6.07) is 6.09. The van der Waals surface area contributed by atoms with Crippen LogP contribution in [0, 0.1) is 10.1 Å². The molecule has 2 unspecified atom stereocenters. The van der Waals surface area contributed by atoms with Crippen LogP contribution in [0.25, 0.3) is 0 Å². The van der Waals surface area contributed by atoms with Gasteiger partial charge in [0.05, 0.1) is 4.92 Å². The smallest absolute Gasteiger partial charge is 0.269 e. The Morgan fingerprint density at radius 3 is 1.95 bits per heavy atom. The minimum atomic E-state index is -0.463. The van der Waals surface area contributed by atoms with Gasteiger partial charge in [0, 0.05) is 29.8 Å². The van der Waals surface area contributed by atoms with Crippen molar-refractivity contribution in [2.24, 2.45) is 0 Å². The van der Waals surface area contributed by atoms with Crippen LogP contribution in [0.2, 0.25) is 0 Å². The fourth-order valence-corrected chi connectivity index (χ4v) is 2.10. The van der Waals surface area contributed by atoms with Crippen LogP contribution in [0.4, 0.5) is 5.69 Å². The quantitative estimate of drug-likeness (QED) is 0.589. The topological polar surface area (TPSA) is 63.5 Å². The van der Waals surface area contributed by atoms with Gasteiger partial charge >= 0.3 is 0 Å². The van der Waals surface area contributed by atoms with Crippen LogP contribution in [0.15, 0.2) is 24.3 Å². The third-order valence-electron chi connectivity index (χ3n) is 3.69. The van der Waals surface area contributed by atoms with Gasteiger partial charge in [0.15, 0.2) is 0 Å². The Kier molecular flexibility index (Phi) is 5.67. The first-order valence-electron chi connectivity index (χ1n) is 6.99. The van der Waals surface area contributed by atoms with Gasteiger partial charge in [0.2, 0.25) is 0 Å². The Bertz CT molecular complexity index is 461. The standard InChI is InChI=1S/C15H22N2O3/c1-5-11(3)16(12(4)6-2)15(18)13-7-9-14(10-8-13)17(19)20/h7-12H,5-6H2,1-4H3. The van der Waals surface area contributed by atoms with Crippen molar-refractivity contribution in [1.82, 2.24) is 4.90 Å². The molecular weight excluding hydrogens is 256 g/mol. The number of carbonyl (C=O) groups excluding carboxylic acids is 1. The van der Waals surface area contributed by atoms with Crippen LogP contribution < -0.4 is 0 Å². The molecular formula is C15H22N2O3. The molecule has 0 spiro atoms. The lowest BCUT2D eigenvalue weighted by Crippen LogP contribution is -2.44. The highest BCUT2D eigenvalue weighted by Gasteiger charge is 2.24. The van der Waals surface area contributed by atoms with Crippen molar-refractivity contribution < 1.29 is 9.72 Å². The number of amides is 1. The van der Waals surface area contributed by atoms with Crippen molar-refractivity contribution in [2.75, 3.05) is 0 Å². The zero-order valence-corrected chi connectivity index (χ0v) is 12.5. The van der Waals surface area contributed by atoms with Crippen molar-refractivity contribution in [3.63, 3.8) is 0 Å². The fourth-order valence-electron chi connectivity index (χ4n) is 2.10. The minimum Gasteiger partial charge on any atom is -0.333 e. The summed E-state index contributed by atoms with van der Waals surface area (Å²) < 4.78 is 0. The lowest BCUT2D eigenvalue weighted by molar-refractivity contribution is -0.384. The van der Waals surface area contributed by atoms with Gasteiger partial charge in [-0.1, -0.05) is 13.8 Å². The number of benzene rings is 1. The number of nitrogens with zero attached hydrogens (tertiary/aromatic N) is 2. The van der Waals surface area contributed by atoms with Crippen LogP contribution in [0.1, 0.15) is 50.9 Å². The first-order valence-corrected chi connectivity index (χ1v) is 6.99. The van der Waals surface area contributed by atoms with Gasteiger partial charge < -0.3 is 4.90 Å². The number of nitro benzene ring substituents is 1. The van der Waals surface area contributed by atoms with E-state index in [4.69, 9.17) is 0 Å². The molecule has 5 heteroatoms. The average molecular weight is 278 g/mol. The molecule has 0 aliphatic rings. The van der Waals surface area contributed by atoms with Gasteiger partial charge in [-0.2, -0.15) is 0 Å². The van der Waals surface area contributed by atoms with Gasteiger partial charge in [-0.05, 0) is 38.8 Å². The second-order valence-corrected chi connectivity index (χ2v) is 5.03. The summed E-state index contributed by atoms with van der Waals surface area (Å²) in [6.45, 7) is 8.14. The molecule has 20 heavy (non-hydrogen) atoms. The van der Waals surface area contributed by atoms with E-state index in [1.165, 1.54) is 24.3 Å². The Morgan fingerprint density at radius 1 is 1.15 bits per heavy atom. The highest BCUT2D eigenvalue weighted by molar-refractivity contribution is 5.94. The highest BCUT2D eigenvalue weighted by Crippen LogP contribution is 2.18. The van der Waals surface area contributed by atoms with Crippen molar-refractivity contribution in [2.45, 2.75) is 52.6 Å². The lowest BCUT2D eigenvalue weighted by atomic mass is 10.1. The molecule has 1 rings (SSSR count). The molecule has 5 nitrogen and oxygen atoms in total. The van der Waals surface area contributed by atoms with E-state index < -0.39 is 4.92 Å². The van der Waals surface area contributed by atoms with Crippen LogP contribution in [-0.2, 0) is 0 Å². The number of carbonyl (C=O) groups is 1. The molecule has 0 fully saturated rings. The van der Waals surface area contributed by atoms with Gasteiger partial charge in [0.25, 0.3) is 11.6 Å². The summed E-state index contributed by atoms with van der Waals surface area (Å²) in [5, 5.41) is 10.6. The molecule has 110 valence electrons. The largest absolute Gasteiger partial charge is 0.333 e. The van der Waals surface area contributed by atoms with E-state index in [-0.39, 0.29) is 23.7 Å². The molecule has 2 atom stereocenters. The molecule has 0 aromatic heterocycles. The third kappa shape index (κ3) is 3.56. The maximum Gasteiger partial charge on any atom is 0.269 e. The SMILES string of the molecule is CCC(C)N(C(=O)c1ccc([N+](=O)[O-])cc1)C(C)CC. The number of nitro groups is 1. The molecule has 0 radical (unpaired) electrons. The molecule has 0 bridgehead atoms. The first-order chi connectivity index (χ1) is 9.42. The van der Waals surface area contributed by atoms with E-state index in [1.54, 1.807) is 0 Å². The van der Waals surface area contributed by atoms with Crippen LogP contribution in [0.3, 0.4) is 0 Å². The van der Waals surface area contributed by atoms with Gasteiger partial charge in [0.1, 0.15) is 0 Å². The van der Waals surface area contributed by atoms with Crippen LogP contribution in [0.5, 0.6) is 0 Å².